The van der Waals surface area contributed by atoms with Crippen LogP contribution in [0.5, 0.6) is 5.75 Å². The summed E-state index contributed by atoms with van der Waals surface area (Å²) in [6.45, 7) is 6.44. The third-order valence-electron chi connectivity index (χ3n) is 3.45. The topological polar surface area (TPSA) is 48.8 Å². The van der Waals surface area contributed by atoms with Crippen molar-refractivity contribution in [3.8, 4) is 11.8 Å². The van der Waals surface area contributed by atoms with Gasteiger partial charge in [0.2, 0.25) is 0 Å². The summed E-state index contributed by atoms with van der Waals surface area (Å²) in [6.07, 6.45) is 3.71. The quantitative estimate of drug-likeness (QED) is 0.915. The van der Waals surface area contributed by atoms with E-state index in [1.807, 2.05) is 30.6 Å². The smallest absolute Gasteiger partial charge is 0.122 e. The van der Waals surface area contributed by atoms with Gasteiger partial charge in [0.1, 0.15) is 5.75 Å². The minimum Gasteiger partial charge on any atom is -0.496 e. The molecule has 104 valence electrons. The number of nitrogens with zero attached hydrogens (tertiary/aromatic N) is 1. The fraction of sp³-hybridized carbons (Fsp3) is 0.353. The summed E-state index contributed by atoms with van der Waals surface area (Å²) in [5, 5.41) is 9.48. The number of hydrogen-bond acceptors (Lipinski definition) is 2. The van der Waals surface area contributed by atoms with Gasteiger partial charge in [-0.05, 0) is 40.3 Å². The summed E-state index contributed by atoms with van der Waals surface area (Å²) in [4.78, 5) is 3.01. The molecule has 1 N–H and O–H groups in total. The number of nitrogens with one attached hydrogen (secondary N) is 1. The molecule has 2 aromatic rings. The van der Waals surface area contributed by atoms with Crippen molar-refractivity contribution in [1.82, 2.24) is 4.98 Å². The average molecular weight is 268 g/mol. The number of rotatable bonds is 3. The predicted molar refractivity (Wildman–Crippen MR) is 79.9 cm³/mol. The molecule has 0 saturated heterocycles. The van der Waals surface area contributed by atoms with Gasteiger partial charge >= 0.3 is 0 Å². The van der Waals surface area contributed by atoms with Gasteiger partial charge in [0.25, 0.3) is 0 Å². The molecule has 0 bridgehead atoms. The zero-order chi connectivity index (χ0) is 14.8. The minimum absolute atomic E-state index is 0.0283. The van der Waals surface area contributed by atoms with E-state index >= 15 is 0 Å². The molecule has 0 fully saturated rings. The fourth-order valence-corrected chi connectivity index (χ4v) is 2.35. The Hall–Kier alpha value is -2.21. The molecular weight excluding hydrogens is 248 g/mol. The molecule has 20 heavy (non-hydrogen) atoms. The minimum atomic E-state index is -0.256. The van der Waals surface area contributed by atoms with E-state index < -0.39 is 0 Å². The van der Waals surface area contributed by atoms with E-state index in [1.165, 1.54) is 0 Å². The van der Waals surface area contributed by atoms with Crippen LogP contribution in [0.25, 0.3) is 0 Å². The Morgan fingerprint density at radius 2 is 1.95 bits per heavy atom. The van der Waals surface area contributed by atoms with E-state index in [2.05, 4.69) is 37.9 Å². The van der Waals surface area contributed by atoms with Gasteiger partial charge in [-0.15, -0.1) is 0 Å². The van der Waals surface area contributed by atoms with Crippen LogP contribution in [-0.2, 0) is 5.41 Å². The molecule has 0 radical (unpaired) electrons. The molecule has 1 aromatic carbocycles. The zero-order valence-corrected chi connectivity index (χ0v) is 12.4. The Labute approximate surface area is 120 Å². The highest BCUT2D eigenvalue weighted by molar-refractivity contribution is 5.46. The highest BCUT2D eigenvalue weighted by Gasteiger charge is 2.22. The summed E-state index contributed by atoms with van der Waals surface area (Å²) in [6, 6.07) is 10.3. The lowest BCUT2D eigenvalue weighted by atomic mass is 9.83. The normalized spacial score (nSPS) is 12.8. The zero-order valence-electron chi connectivity index (χ0n) is 12.4. The second kappa shape index (κ2) is 5.42. The van der Waals surface area contributed by atoms with Gasteiger partial charge in [-0.1, -0.05) is 26.8 Å². The number of H-pyrrole nitrogens is 1. The molecule has 0 spiro atoms. The van der Waals surface area contributed by atoms with Crippen LogP contribution in [-0.4, -0.2) is 12.1 Å². The van der Waals surface area contributed by atoms with Crippen LogP contribution in [0.1, 0.15) is 43.4 Å². The van der Waals surface area contributed by atoms with Crippen molar-refractivity contribution in [2.75, 3.05) is 7.11 Å². The van der Waals surface area contributed by atoms with Crippen molar-refractivity contribution in [1.29, 1.82) is 5.26 Å². The van der Waals surface area contributed by atoms with Crippen molar-refractivity contribution in [3.05, 3.63) is 53.3 Å². The van der Waals surface area contributed by atoms with E-state index in [9.17, 15) is 5.26 Å². The fourth-order valence-electron chi connectivity index (χ4n) is 2.35. The Morgan fingerprint density at radius 1 is 1.20 bits per heavy atom. The molecule has 1 atom stereocenters. The number of aromatic amines is 1. The second-order valence-electron chi connectivity index (χ2n) is 5.92. The molecular formula is C17H20N2O. The van der Waals surface area contributed by atoms with Crippen molar-refractivity contribution < 1.29 is 4.74 Å². The van der Waals surface area contributed by atoms with E-state index in [0.717, 1.165) is 22.4 Å². The average Bonchev–Trinajstić information content (AvgIpc) is 2.92. The van der Waals surface area contributed by atoms with E-state index in [4.69, 9.17) is 4.74 Å². The van der Waals surface area contributed by atoms with Crippen LogP contribution >= 0.6 is 0 Å². The van der Waals surface area contributed by atoms with Gasteiger partial charge < -0.3 is 9.72 Å². The van der Waals surface area contributed by atoms with Crippen molar-refractivity contribution >= 4 is 0 Å². The number of hydrogen-bond donors (Lipinski definition) is 1. The van der Waals surface area contributed by atoms with Gasteiger partial charge in [0, 0.05) is 12.4 Å². The van der Waals surface area contributed by atoms with Gasteiger partial charge in [-0.3, -0.25) is 0 Å². The summed E-state index contributed by atoms with van der Waals surface area (Å²) >= 11 is 0. The molecule has 1 unspecified atom stereocenters. The van der Waals surface area contributed by atoms with Crippen LogP contribution in [0, 0.1) is 11.3 Å². The Balaban J connectivity index is 2.51. The monoisotopic (exact) mass is 268 g/mol. The number of benzene rings is 1. The molecule has 0 saturated carbocycles. The molecule has 0 aliphatic rings. The lowest BCUT2D eigenvalue weighted by Gasteiger charge is -2.23. The van der Waals surface area contributed by atoms with Crippen LogP contribution in [0.15, 0.2) is 36.7 Å². The standard InChI is InChI=1S/C17H20N2O/c1-17(2,3)15-9-12(5-6-16(15)20-4)14(10-18)13-7-8-19-11-13/h5-9,11,14,19H,1-4H3. The van der Waals surface area contributed by atoms with Gasteiger partial charge in [0.05, 0.1) is 19.1 Å². The summed E-state index contributed by atoms with van der Waals surface area (Å²) in [5.41, 5.74) is 3.07. The van der Waals surface area contributed by atoms with Crippen molar-refractivity contribution in [2.24, 2.45) is 0 Å². The van der Waals surface area contributed by atoms with E-state index in [1.54, 1.807) is 7.11 Å². The largest absolute Gasteiger partial charge is 0.496 e. The van der Waals surface area contributed by atoms with Crippen molar-refractivity contribution in [2.45, 2.75) is 32.1 Å². The maximum absolute atomic E-state index is 9.48. The number of nitriles is 1. The third-order valence-corrected chi connectivity index (χ3v) is 3.45. The molecule has 0 aliphatic carbocycles. The maximum atomic E-state index is 9.48. The number of ether oxygens (including phenoxy) is 1. The summed E-state index contributed by atoms with van der Waals surface area (Å²) in [5.74, 6) is 0.611. The van der Waals surface area contributed by atoms with E-state index in [0.29, 0.717) is 0 Å². The lowest BCUT2D eigenvalue weighted by molar-refractivity contribution is 0.397. The maximum Gasteiger partial charge on any atom is 0.122 e. The molecule has 0 amide bonds. The molecule has 0 aliphatic heterocycles. The van der Waals surface area contributed by atoms with Crippen molar-refractivity contribution in [3.63, 3.8) is 0 Å². The van der Waals surface area contributed by atoms with E-state index in [-0.39, 0.29) is 11.3 Å². The Morgan fingerprint density at radius 3 is 2.45 bits per heavy atom. The highest BCUT2D eigenvalue weighted by Crippen LogP contribution is 2.35. The van der Waals surface area contributed by atoms with Gasteiger partial charge in [-0.25, -0.2) is 0 Å². The second-order valence-corrected chi connectivity index (χ2v) is 5.92. The van der Waals surface area contributed by atoms with Crippen LogP contribution < -0.4 is 4.74 Å². The molecule has 2 rings (SSSR count). The lowest BCUT2D eigenvalue weighted by Crippen LogP contribution is -2.14. The SMILES string of the molecule is COc1ccc(C(C#N)c2cc[nH]c2)cc1C(C)(C)C. The van der Waals surface area contributed by atoms with Crippen LogP contribution in [0.4, 0.5) is 0 Å². The predicted octanol–water partition coefficient (Wildman–Crippen LogP) is 3.98. The Bertz CT molecular complexity index is 615. The molecule has 1 heterocycles. The van der Waals surface area contributed by atoms with Gasteiger partial charge in [-0.2, -0.15) is 5.26 Å². The van der Waals surface area contributed by atoms with Gasteiger partial charge in [0.15, 0.2) is 0 Å². The number of methoxy groups -OCH3 is 1. The third kappa shape index (κ3) is 2.70. The molecule has 3 nitrogen and oxygen atoms in total. The Kier molecular flexibility index (Phi) is 3.85. The first-order valence-corrected chi connectivity index (χ1v) is 6.68. The summed E-state index contributed by atoms with van der Waals surface area (Å²) < 4.78 is 5.44. The summed E-state index contributed by atoms with van der Waals surface area (Å²) in [7, 11) is 1.68. The molecule has 1 aromatic heterocycles. The first-order valence-electron chi connectivity index (χ1n) is 6.68. The highest BCUT2D eigenvalue weighted by atomic mass is 16.5. The molecule has 3 heteroatoms. The van der Waals surface area contributed by atoms with Crippen LogP contribution in [0.3, 0.4) is 0 Å². The first kappa shape index (κ1) is 14.2. The van der Waals surface area contributed by atoms with Crippen LogP contribution in [0.2, 0.25) is 0 Å². The number of aromatic nitrogens is 1. The first-order chi connectivity index (χ1) is 9.47.